The Hall–Kier alpha value is -2.97. The number of carbonyl (C=O) groups is 2. The fraction of sp³-hybridized carbons (Fsp3) is 0.348. The standard InChI is InChI=1S/C23H22Cl2N2O6/c1-12-8-16(24)21(17(25)9-12)33-7-6-32-19-5-2-13(11-26-19)15-10-14-3-4-18(20(15)22(28)29)27(14)23(30)31/h2,5,8-11,14,18,20H,3-4,6-7H2,1H3,(H,28,29)(H,30,31)/t14-,18+,20?/m0/s1. The predicted octanol–water partition coefficient (Wildman–Crippen LogP) is 4.76. The lowest BCUT2D eigenvalue weighted by molar-refractivity contribution is -0.141. The van der Waals surface area contributed by atoms with Crippen LogP contribution in [0.3, 0.4) is 0 Å². The van der Waals surface area contributed by atoms with Gasteiger partial charge in [0.05, 0.1) is 22.1 Å². The molecule has 1 aromatic heterocycles. The molecule has 8 nitrogen and oxygen atoms in total. The summed E-state index contributed by atoms with van der Waals surface area (Å²) >= 11 is 12.3. The number of rotatable bonds is 7. The molecule has 2 bridgehead atoms. The first kappa shape index (κ1) is 23.2. The molecule has 1 aromatic carbocycles. The van der Waals surface area contributed by atoms with E-state index < -0.39 is 24.0 Å². The first-order valence-corrected chi connectivity index (χ1v) is 11.2. The second-order valence-electron chi connectivity index (χ2n) is 7.98. The summed E-state index contributed by atoms with van der Waals surface area (Å²) in [6.45, 7) is 2.28. The van der Waals surface area contributed by atoms with Crippen molar-refractivity contribution in [3.05, 3.63) is 57.7 Å². The Balaban J connectivity index is 1.41. The fourth-order valence-corrected chi connectivity index (χ4v) is 5.19. The summed E-state index contributed by atoms with van der Waals surface area (Å²) in [5.74, 6) is -1.25. The van der Waals surface area contributed by atoms with E-state index in [1.165, 1.54) is 4.90 Å². The quantitative estimate of drug-likeness (QED) is 0.535. The Bertz CT molecular complexity index is 1080. The number of halogens is 2. The number of carboxylic acids is 1. The number of carboxylic acid groups (broad SMARTS) is 2. The summed E-state index contributed by atoms with van der Waals surface area (Å²) in [5, 5.41) is 20.1. The third kappa shape index (κ3) is 4.72. The lowest BCUT2D eigenvalue weighted by Gasteiger charge is -2.36. The van der Waals surface area contributed by atoms with Crippen LogP contribution in [0, 0.1) is 12.8 Å². The topological polar surface area (TPSA) is 109 Å². The van der Waals surface area contributed by atoms with Gasteiger partial charge in [0.1, 0.15) is 19.1 Å². The van der Waals surface area contributed by atoms with Crippen LogP contribution in [-0.4, -0.2) is 57.5 Å². The summed E-state index contributed by atoms with van der Waals surface area (Å²) in [7, 11) is 0. The Morgan fingerprint density at radius 2 is 1.82 bits per heavy atom. The third-order valence-electron chi connectivity index (χ3n) is 5.84. The number of nitrogens with zero attached hydrogens (tertiary/aromatic N) is 2. The van der Waals surface area contributed by atoms with Crippen LogP contribution < -0.4 is 9.47 Å². The number of hydrogen-bond donors (Lipinski definition) is 2. The number of ether oxygens (including phenoxy) is 2. The largest absolute Gasteiger partial charge is 0.487 e. The highest BCUT2D eigenvalue weighted by Gasteiger charge is 2.48. The summed E-state index contributed by atoms with van der Waals surface area (Å²) in [6, 6.07) is 5.98. The van der Waals surface area contributed by atoms with E-state index in [1.54, 1.807) is 36.5 Å². The van der Waals surface area contributed by atoms with Gasteiger partial charge in [-0.25, -0.2) is 9.78 Å². The zero-order valence-corrected chi connectivity index (χ0v) is 19.2. The van der Waals surface area contributed by atoms with E-state index in [4.69, 9.17) is 32.7 Å². The summed E-state index contributed by atoms with van der Waals surface area (Å²) in [5.41, 5.74) is 2.14. The molecule has 2 aliphatic rings. The van der Waals surface area contributed by atoms with Gasteiger partial charge in [0, 0.05) is 12.3 Å². The number of benzene rings is 1. The summed E-state index contributed by atoms with van der Waals surface area (Å²) in [4.78, 5) is 29.1. The fourth-order valence-electron chi connectivity index (χ4n) is 4.48. The highest BCUT2D eigenvalue weighted by atomic mass is 35.5. The molecule has 1 amide bonds. The van der Waals surface area contributed by atoms with Crippen LogP contribution in [-0.2, 0) is 4.79 Å². The average Bonchev–Trinajstić information content (AvgIpc) is 3.06. The van der Waals surface area contributed by atoms with Crippen molar-refractivity contribution in [2.24, 2.45) is 5.92 Å². The molecule has 1 fully saturated rings. The van der Waals surface area contributed by atoms with Gasteiger partial charge in [-0.1, -0.05) is 29.3 Å². The summed E-state index contributed by atoms with van der Waals surface area (Å²) in [6.07, 6.45) is 3.30. The third-order valence-corrected chi connectivity index (χ3v) is 6.40. The van der Waals surface area contributed by atoms with Crippen molar-refractivity contribution < 1.29 is 29.3 Å². The van der Waals surface area contributed by atoms with Crippen molar-refractivity contribution in [3.63, 3.8) is 0 Å². The maximum Gasteiger partial charge on any atom is 0.408 e. The second-order valence-corrected chi connectivity index (χ2v) is 8.79. The lowest BCUT2D eigenvalue weighted by Crippen LogP contribution is -2.48. The van der Waals surface area contributed by atoms with Crippen LogP contribution in [0.1, 0.15) is 24.0 Å². The van der Waals surface area contributed by atoms with Crippen LogP contribution >= 0.6 is 23.2 Å². The minimum Gasteiger partial charge on any atom is -0.487 e. The number of amides is 1. The first-order chi connectivity index (χ1) is 15.8. The van der Waals surface area contributed by atoms with Gasteiger partial charge in [0.2, 0.25) is 5.88 Å². The van der Waals surface area contributed by atoms with E-state index in [-0.39, 0.29) is 19.3 Å². The lowest BCUT2D eigenvalue weighted by atomic mass is 9.84. The molecule has 0 spiro atoms. The molecular weight excluding hydrogens is 471 g/mol. The maximum atomic E-state index is 12.0. The normalized spacial score (nSPS) is 21.5. The van der Waals surface area contributed by atoms with Gasteiger partial charge in [-0.05, 0) is 54.7 Å². The van der Waals surface area contributed by atoms with E-state index in [2.05, 4.69) is 4.98 Å². The maximum absolute atomic E-state index is 12.0. The van der Waals surface area contributed by atoms with Crippen LogP contribution in [0.25, 0.3) is 5.57 Å². The zero-order valence-electron chi connectivity index (χ0n) is 17.7. The van der Waals surface area contributed by atoms with Crippen LogP contribution in [0.15, 0.2) is 36.5 Å². The van der Waals surface area contributed by atoms with E-state index in [0.29, 0.717) is 45.7 Å². The molecule has 0 aliphatic carbocycles. The Labute approximate surface area is 200 Å². The molecule has 1 saturated heterocycles. The van der Waals surface area contributed by atoms with Crippen LogP contribution in [0.4, 0.5) is 4.79 Å². The summed E-state index contributed by atoms with van der Waals surface area (Å²) < 4.78 is 11.2. The predicted molar refractivity (Wildman–Crippen MR) is 122 cm³/mol. The Morgan fingerprint density at radius 3 is 2.42 bits per heavy atom. The van der Waals surface area contributed by atoms with Gasteiger partial charge in [0.25, 0.3) is 0 Å². The molecule has 10 heteroatoms. The number of pyridine rings is 1. The molecule has 1 unspecified atom stereocenters. The van der Waals surface area contributed by atoms with Gasteiger partial charge in [-0.3, -0.25) is 9.69 Å². The van der Waals surface area contributed by atoms with Crippen molar-refractivity contribution in [2.45, 2.75) is 31.8 Å². The van der Waals surface area contributed by atoms with E-state index >= 15 is 0 Å². The van der Waals surface area contributed by atoms with Crippen LogP contribution in [0.2, 0.25) is 10.0 Å². The molecule has 4 rings (SSSR count). The first-order valence-electron chi connectivity index (χ1n) is 10.4. The highest BCUT2D eigenvalue weighted by Crippen LogP contribution is 2.43. The van der Waals surface area contributed by atoms with E-state index in [9.17, 15) is 19.8 Å². The van der Waals surface area contributed by atoms with Crippen LogP contribution in [0.5, 0.6) is 11.6 Å². The van der Waals surface area contributed by atoms with Gasteiger partial charge >= 0.3 is 12.1 Å². The monoisotopic (exact) mass is 492 g/mol. The molecular formula is C23H22Cl2N2O6. The van der Waals surface area contributed by atoms with E-state index in [0.717, 1.165) is 5.56 Å². The SMILES string of the molecule is Cc1cc(Cl)c(OCCOc2ccc(C3=C[C@@H]4CC[C@H](C3C(=O)O)N4C(=O)O)cn2)c(Cl)c1. The molecule has 3 heterocycles. The Kier molecular flexibility index (Phi) is 6.67. The second kappa shape index (κ2) is 9.49. The minimum absolute atomic E-state index is 0.199. The van der Waals surface area contributed by atoms with Crippen molar-refractivity contribution in [1.82, 2.24) is 9.88 Å². The number of aliphatic carboxylic acids is 1. The number of hydrogen-bond acceptors (Lipinski definition) is 5. The molecule has 3 atom stereocenters. The molecule has 2 aliphatic heterocycles. The average molecular weight is 493 g/mol. The van der Waals surface area contributed by atoms with Crippen molar-refractivity contribution >= 4 is 40.8 Å². The number of aryl methyl sites for hydroxylation is 1. The zero-order chi connectivity index (χ0) is 23.7. The smallest absolute Gasteiger partial charge is 0.408 e. The number of fused-ring (bicyclic) bond motifs is 2. The van der Waals surface area contributed by atoms with Crippen molar-refractivity contribution in [2.75, 3.05) is 13.2 Å². The van der Waals surface area contributed by atoms with E-state index in [1.807, 2.05) is 6.92 Å². The minimum atomic E-state index is -1.10. The molecule has 174 valence electrons. The molecule has 33 heavy (non-hydrogen) atoms. The number of aromatic nitrogens is 1. The highest BCUT2D eigenvalue weighted by molar-refractivity contribution is 6.37. The molecule has 0 radical (unpaired) electrons. The molecule has 2 aromatic rings. The van der Waals surface area contributed by atoms with Gasteiger partial charge in [-0.2, -0.15) is 0 Å². The van der Waals surface area contributed by atoms with Gasteiger partial charge in [-0.15, -0.1) is 0 Å². The van der Waals surface area contributed by atoms with Crippen molar-refractivity contribution in [3.8, 4) is 11.6 Å². The van der Waals surface area contributed by atoms with Gasteiger partial charge < -0.3 is 19.7 Å². The Morgan fingerprint density at radius 1 is 1.12 bits per heavy atom. The molecule has 0 saturated carbocycles. The van der Waals surface area contributed by atoms with Gasteiger partial charge in [0.15, 0.2) is 5.75 Å². The van der Waals surface area contributed by atoms with Crippen molar-refractivity contribution in [1.29, 1.82) is 0 Å². The molecule has 2 N–H and O–H groups in total.